The molecule has 0 bridgehead atoms. The molecular formula is C27H54. The zero-order valence-corrected chi connectivity index (χ0v) is 19.3. The first-order valence-electron chi connectivity index (χ1n) is 12.9. The van der Waals surface area contributed by atoms with Crippen LogP contribution >= 0.6 is 0 Å². The molecule has 1 atom stereocenters. The monoisotopic (exact) mass is 378 g/mol. The topological polar surface area (TPSA) is 0 Å². The van der Waals surface area contributed by atoms with Gasteiger partial charge in [-0.1, -0.05) is 168 Å². The maximum atomic E-state index is 3.94. The second-order valence-corrected chi connectivity index (χ2v) is 9.11. The van der Waals surface area contributed by atoms with Gasteiger partial charge in [0.2, 0.25) is 0 Å². The van der Waals surface area contributed by atoms with E-state index in [0.717, 1.165) is 18.8 Å². The van der Waals surface area contributed by atoms with E-state index in [0.29, 0.717) is 0 Å². The van der Waals surface area contributed by atoms with Gasteiger partial charge in [0.1, 0.15) is 0 Å². The van der Waals surface area contributed by atoms with Crippen LogP contribution in [0.3, 0.4) is 0 Å². The summed E-state index contributed by atoms with van der Waals surface area (Å²) in [5, 5.41) is 0. The molecule has 0 amide bonds. The molecule has 0 aliphatic rings. The van der Waals surface area contributed by atoms with Crippen LogP contribution in [0, 0.1) is 19.8 Å². The summed E-state index contributed by atoms with van der Waals surface area (Å²) in [6.45, 7) is 10.3. The second-order valence-electron chi connectivity index (χ2n) is 9.11. The van der Waals surface area contributed by atoms with Crippen molar-refractivity contribution in [2.75, 3.05) is 0 Å². The highest BCUT2D eigenvalue weighted by molar-refractivity contribution is 4.56. The molecule has 162 valence electrons. The number of rotatable bonds is 23. The van der Waals surface area contributed by atoms with Crippen molar-refractivity contribution >= 4 is 0 Å². The van der Waals surface area contributed by atoms with Crippen LogP contribution in [0.15, 0.2) is 0 Å². The molecule has 0 spiro atoms. The van der Waals surface area contributed by atoms with Crippen molar-refractivity contribution in [2.24, 2.45) is 5.92 Å². The molecule has 27 heavy (non-hydrogen) atoms. The predicted molar refractivity (Wildman–Crippen MR) is 126 cm³/mol. The third-order valence-corrected chi connectivity index (χ3v) is 6.14. The summed E-state index contributed by atoms with van der Waals surface area (Å²) in [7, 11) is 0. The average molecular weight is 379 g/mol. The van der Waals surface area contributed by atoms with Crippen LogP contribution in [0.25, 0.3) is 0 Å². The molecule has 0 aromatic rings. The number of hydrogen-bond donors (Lipinski definition) is 0. The van der Waals surface area contributed by atoms with Crippen molar-refractivity contribution < 1.29 is 0 Å². The summed E-state index contributed by atoms with van der Waals surface area (Å²) in [4.78, 5) is 0. The minimum atomic E-state index is 0.926. The molecule has 0 heterocycles. The Morgan fingerprint density at radius 1 is 0.370 bits per heavy atom. The Morgan fingerprint density at radius 2 is 0.630 bits per heavy atom. The highest BCUT2D eigenvalue weighted by Gasteiger charge is 2.01. The smallest absolute Gasteiger partial charge is 0.0443 e. The Kier molecular flexibility index (Phi) is 24.0. The van der Waals surface area contributed by atoms with Crippen LogP contribution in [0.5, 0.6) is 0 Å². The Morgan fingerprint density at radius 3 is 0.963 bits per heavy atom. The van der Waals surface area contributed by atoms with Crippen LogP contribution in [0.2, 0.25) is 0 Å². The van der Waals surface area contributed by atoms with Crippen molar-refractivity contribution in [3.8, 4) is 0 Å². The molecule has 0 heteroatoms. The normalized spacial score (nSPS) is 12.6. The fourth-order valence-corrected chi connectivity index (χ4v) is 4.14. The second kappa shape index (κ2) is 24.0. The molecule has 0 N–H and O–H groups in total. The van der Waals surface area contributed by atoms with Gasteiger partial charge in [-0.15, -0.1) is 0 Å². The first kappa shape index (κ1) is 27.0. The lowest BCUT2D eigenvalue weighted by Crippen LogP contribution is -1.94. The maximum Gasteiger partial charge on any atom is -0.0443 e. The summed E-state index contributed by atoms with van der Waals surface area (Å²) >= 11 is 0. The Balaban J connectivity index is 3.03. The van der Waals surface area contributed by atoms with Gasteiger partial charge in [-0.25, -0.2) is 0 Å². The SMILES string of the molecule is [CH2]CCCCCCCCCCCCCCCCCCCCC(C)CCC[CH2]. The lowest BCUT2D eigenvalue weighted by molar-refractivity contribution is 0.443. The largest absolute Gasteiger partial charge is 0.0625 e. The van der Waals surface area contributed by atoms with Crippen molar-refractivity contribution in [3.63, 3.8) is 0 Å². The minimum Gasteiger partial charge on any atom is -0.0625 e. The molecular weight excluding hydrogens is 324 g/mol. The fourth-order valence-electron chi connectivity index (χ4n) is 4.14. The molecule has 0 aromatic carbocycles. The van der Waals surface area contributed by atoms with Gasteiger partial charge in [-0.3, -0.25) is 0 Å². The zero-order valence-electron chi connectivity index (χ0n) is 19.3. The van der Waals surface area contributed by atoms with Gasteiger partial charge in [0.15, 0.2) is 0 Å². The molecule has 0 aromatic heterocycles. The molecule has 0 fully saturated rings. The first-order chi connectivity index (χ1) is 13.3. The van der Waals surface area contributed by atoms with Crippen LogP contribution in [-0.2, 0) is 0 Å². The Labute approximate surface area is 174 Å². The van der Waals surface area contributed by atoms with E-state index in [1.807, 2.05) is 0 Å². The standard InChI is InChI=1S/C27H54/c1-4-6-8-9-10-11-12-13-14-15-16-17-18-19-20-21-22-23-24-26-27(3)25-7-5-2/h27H,1-2,4-26H2,3H3. The number of unbranched alkanes of at least 4 members (excludes halogenated alkanes) is 19. The van der Waals surface area contributed by atoms with Gasteiger partial charge in [-0.05, 0) is 5.92 Å². The summed E-state index contributed by atoms with van der Waals surface area (Å²) in [6.07, 6.45) is 32.6. The van der Waals surface area contributed by atoms with E-state index in [4.69, 9.17) is 0 Å². The van der Waals surface area contributed by atoms with E-state index in [1.54, 1.807) is 0 Å². The molecule has 2 radical (unpaired) electrons. The molecule has 0 rings (SSSR count). The maximum absolute atomic E-state index is 3.94. The van der Waals surface area contributed by atoms with Crippen molar-refractivity contribution in [2.45, 2.75) is 155 Å². The molecule has 0 aliphatic carbocycles. The molecule has 0 aliphatic heterocycles. The summed E-state index contributed by atoms with van der Waals surface area (Å²) in [6, 6.07) is 0. The highest BCUT2D eigenvalue weighted by Crippen LogP contribution is 2.18. The van der Waals surface area contributed by atoms with Gasteiger partial charge in [0.05, 0.1) is 0 Å². The molecule has 0 saturated carbocycles. The minimum absolute atomic E-state index is 0.926. The zero-order chi connectivity index (χ0) is 19.8. The van der Waals surface area contributed by atoms with Crippen molar-refractivity contribution in [3.05, 3.63) is 13.8 Å². The fraction of sp³-hybridized carbons (Fsp3) is 0.926. The predicted octanol–water partition coefficient (Wildman–Crippen LogP) is 10.3. The Hall–Kier alpha value is 0. The third kappa shape index (κ3) is 24.0. The molecule has 1 unspecified atom stereocenters. The first-order valence-corrected chi connectivity index (χ1v) is 12.9. The number of hydrogen-bond acceptors (Lipinski definition) is 0. The lowest BCUT2D eigenvalue weighted by atomic mass is 9.97. The Bertz CT molecular complexity index is 244. The molecule has 0 saturated heterocycles. The molecule has 0 nitrogen and oxygen atoms in total. The summed E-state index contributed by atoms with van der Waals surface area (Å²) < 4.78 is 0. The van der Waals surface area contributed by atoms with Gasteiger partial charge in [-0.2, -0.15) is 0 Å². The van der Waals surface area contributed by atoms with E-state index in [9.17, 15) is 0 Å². The van der Waals surface area contributed by atoms with Crippen LogP contribution in [-0.4, -0.2) is 0 Å². The van der Waals surface area contributed by atoms with Gasteiger partial charge in [0, 0.05) is 0 Å². The quantitative estimate of drug-likeness (QED) is 0.155. The van der Waals surface area contributed by atoms with Crippen LogP contribution in [0.1, 0.15) is 155 Å². The van der Waals surface area contributed by atoms with E-state index in [2.05, 4.69) is 20.8 Å². The van der Waals surface area contributed by atoms with Gasteiger partial charge >= 0.3 is 0 Å². The average Bonchev–Trinajstić information content (AvgIpc) is 2.68. The lowest BCUT2D eigenvalue weighted by Gasteiger charge is -2.10. The van der Waals surface area contributed by atoms with Crippen molar-refractivity contribution in [1.82, 2.24) is 0 Å². The van der Waals surface area contributed by atoms with Gasteiger partial charge < -0.3 is 0 Å². The van der Waals surface area contributed by atoms with Crippen LogP contribution < -0.4 is 0 Å². The summed E-state index contributed by atoms with van der Waals surface area (Å²) in [5.74, 6) is 0.926. The van der Waals surface area contributed by atoms with Crippen LogP contribution in [0.4, 0.5) is 0 Å². The van der Waals surface area contributed by atoms with Crippen molar-refractivity contribution in [1.29, 1.82) is 0 Å². The summed E-state index contributed by atoms with van der Waals surface area (Å²) in [5.41, 5.74) is 0. The van der Waals surface area contributed by atoms with E-state index in [-0.39, 0.29) is 0 Å². The van der Waals surface area contributed by atoms with E-state index < -0.39 is 0 Å². The highest BCUT2D eigenvalue weighted by atomic mass is 14.1. The third-order valence-electron chi connectivity index (χ3n) is 6.14. The van der Waals surface area contributed by atoms with E-state index in [1.165, 1.54) is 135 Å². The van der Waals surface area contributed by atoms with Gasteiger partial charge in [0.25, 0.3) is 0 Å². The van der Waals surface area contributed by atoms with E-state index >= 15 is 0 Å².